The van der Waals surface area contributed by atoms with Crippen molar-refractivity contribution in [3.63, 3.8) is 0 Å². The lowest BCUT2D eigenvalue weighted by Gasteiger charge is -2.22. The van der Waals surface area contributed by atoms with Crippen molar-refractivity contribution in [3.05, 3.63) is 89.5 Å². The predicted molar refractivity (Wildman–Crippen MR) is 105 cm³/mol. The first-order valence-corrected chi connectivity index (χ1v) is 8.96. The molecular formula is C22H18FN3O2. The molecule has 0 saturated carbocycles. The highest BCUT2D eigenvalue weighted by molar-refractivity contribution is 6.10. The van der Waals surface area contributed by atoms with Gasteiger partial charge in [-0.3, -0.25) is 14.6 Å². The van der Waals surface area contributed by atoms with Crippen LogP contribution in [-0.4, -0.2) is 22.8 Å². The highest BCUT2D eigenvalue weighted by Gasteiger charge is 2.31. The summed E-state index contributed by atoms with van der Waals surface area (Å²) < 4.78 is 13.0. The Morgan fingerprint density at radius 1 is 1.07 bits per heavy atom. The van der Waals surface area contributed by atoms with Crippen LogP contribution >= 0.6 is 0 Å². The van der Waals surface area contributed by atoms with E-state index in [0.717, 1.165) is 17.7 Å². The fraction of sp³-hybridized carbons (Fsp3) is 0.136. The standard InChI is InChI=1S/C22H18FN3O2/c1-14-10-15-4-2-3-5-20(15)26(14)22(28)17-11-16(12-24-13-17)21(27)25-19-8-6-18(23)7-9-19/h2-9,11-14H,10H2,1H3,(H,25,27). The molecule has 2 amide bonds. The van der Waals surface area contributed by atoms with Gasteiger partial charge in [-0.15, -0.1) is 0 Å². The van der Waals surface area contributed by atoms with Gasteiger partial charge in [-0.25, -0.2) is 4.39 Å². The first-order chi connectivity index (χ1) is 13.5. The molecule has 2 heterocycles. The zero-order valence-electron chi connectivity index (χ0n) is 15.2. The Hall–Kier alpha value is -3.54. The lowest BCUT2D eigenvalue weighted by molar-refractivity contribution is 0.0981. The summed E-state index contributed by atoms with van der Waals surface area (Å²) in [5.74, 6) is -0.989. The Labute approximate surface area is 161 Å². The molecule has 1 atom stereocenters. The lowest BCUT2D eigenvalue weighted by atomic mass is 10.1. The Balaban J connectivity index is 1.57. The molecule has 0 fully saturated rings. The van der Waals surface area contributed by atoms with Crippen molar-refractivity contribution in [1.82, 2.24) is 4.98 Å². The second kappa shape index (κ2) is 7.23. The number of anilines is 2. The van der Waals surface area contributed by atoms with Crippen LogP contribution in [0.2, 0.25) is 0 Å². The Morgan fingerprint density at radius 2 is 1.79 bits per heavy atom. The number of halogens is 1. The van der Waals surface area contributed by atoms with Crippen molar-refractivity contribution in [2.45, 2.75) is 19.4 Å². The molecule has 28 heavy (non-hydrogen) atoms. The van der Waals surface area contributed by atoms with Gasteiger partial charge in [0.2, 0.25) is 0 Å². The zero-order valence-corrected chi connectivity index (χ0v) is 15.2. The number of fused-ring (bicyclic) bond motifs is 1. The van der Waals surface area contributed by atoms with Crippen LogP contribution in [0.15, 0.2) is 67.0 Å². The molecule has 1 aliphatic heterocycles. The molecule has 0 spiro atoms. The highest BCUT2D eigenvalue weighted by Crippen LogP contribution is 2.33. The van der Waals surface area contributed by atoms with Gasteiger partial charge in [-0.1, -0.05) is 18.2 Å². The molecule has 1 N–H and O–H groups in total. The summed E-state index contributed by atoms with van der Waals surface area (Å²) in [6, 6.07) is 14.8. The fourth-order valence-corrected chi connectivity index (χ4v) is 3.43. The number of aromatic nitrogens is 1. The Kier molecular flexibility index (Phi) is 4.61. The molecular weight excluding hydrogens is 357 g/mol. The molecule has 0 radical (unpaired) electrons. The van der Waals surface area contributed by atoms with Crippen molar-refractivity contribution < 1.29 is 14.0 Å². The third-order valence-electron chi connectivity index (χ3n) is 4.78. The van der Waals surface area contributed by atoms with E-state index in [9.17, 15) is 14.0 Å². The molecule has 1 aliphatic rings. The second-order valence-corrected chi connectivity index (χ2v) is 6.78. The molecule has 4 rings (SSSR count). The van der Waals surface area contributed by atoms with Gasteiger partial charge in [0.1, 0.15) is 5.82 Å². The Bertz CT molecular complexity index is 1050. The summed E-state index contributed by atoms with van der Waals surface area (Å²) in [7, 11) is 0. The van der Waals surface area contributed by atoms with E-state index in [4.69, 9.17) is 0 Å². The SMILES string of the molecule is CC1Cc2ccccc2N1C(=O)c1cncc(C(=O)Nc2ccc(F)cc2)c1. The summed E-state index contributed by atoms with van der Waals surface area (Å²) in [6.07, 6.45) is 3.65. The monoisotopic (exact) mass is 375 g/mol. The van der Waals surface area contributed by atoms with E-state index >= 15 is 0 Å². The number of nitrogens with zero attached hydrogens (tertiary/aromatic N) is 2. The van der Waals surface area contributed by atoms with Crippen LogP contribution in [0.25, 0.3) is 0 Å². The molecule has 140 valence electrons. The van der Waals surface area contributed by atoms with Crippen LogP contribution in [0, 0.1) is 5.82 Å². The topological polar surface area (TPSA) is 62.3 Å². The number of para-hydroxylation sites is 1. The van der Waals surface area contributed by atoms with Crippen LogP contribution in [0.3, 0.4) is 0 Å². The first-order valence-electron chi connectivity index (χ1n) is 8.96. The van der Waals surface area contributed by atoms with Crippen LogP contribution in [-0.2, 0) is 6.42 Å². The average Bonchev–Trinajstić information content (AvgIpc) is 3.05. The molecule has 0 saturated heterocycles. The van der Waals surface area contributed by atoms with Crippen molar-refractivity contribution in [2.24, 2.45) is 0 Å². The smallest absolute Gasteiger partial charge is 0.260 e. The minimum atomic E-state index is -0.413. The minimum Gasteiger partial charge on any atom is -0.322 e. The number of pyridine rings is 1. The number of amides is 2. The molecule has 6 heteroatoms. The predicted octanol–water partition coefficient (Wildman–Crippen LogP) is 4.06. The maximum atomic E-state index is 13.1. The third-order valence-corrected chi connectivity index (χ3v) is 4.78. The summed E-state index contributed by atoms with van der Waals surface area (Å²) in [5, 5.41) is 2.68. The van der Waals surface area contributed by atoms with Gasteiger partial charge < -0.3 is 10.2 Å². The number of rotatable bonds is 3. The molecule has 2 aromatic carbocycles. The maximum Gasteiger partial charge on any atom is 0.260 e. The van der Waals surface area contributed by atoms with Crippen LogP contribution in [0.4, 0.5) is 15.8 Å². The van der Waals surface area contributed by atoms with Crippen molar-refractivity contribution in [2.75, 3.05) is 10.2 Å². The van der Waals surface area contributed by atoms with Gasteiger partial charge in [0.15, 0.2) is 0 Å². The van der Waals surface area contributed by atoms with Gasteiger partial charge in [-0.2, -0.15) is 0 Å². The van der Waals surface area contributed by atoms with Crippen LogP contribution in [0.1, 0.15) is 33.2 Å². The van der Waals surface area contributed by atoms with Crippen LogP contribution < -0.4 is 10.2 Å². The van der Waals surface area contributed by atoms with E-state index in [2.05, 4.69) is 10.3 Å². The summed E-state index contributed by atoms with van der Waals surface area (Å²) in [6.45, 7) is 2.00. The van der Waals surface area contributed by atoms with Crippen molar-refractivity contribution in [3.8, 4) is 0 Å². The molecule has 0 aliphatic carbocycles. The number of nitrogens with one attached hydrogen (secondary N) is 1. The zero-order chi connectivity index (χ0) is 19.7. The summed E-state index contributed by atoms with van der Waals surface area (Å²) in [5.41, 5.74) is 3.08. The largest absolute Gasteiger partial charge is 0.322 e. The van der Waals surface area contributed by atoms with E-state index in [0.29, 0.717) is 11.3 Å². The molecule has 0 bridgehead atoms. The molecule has 3 aromatic rings. The van der Waals surface area contributed by atoms with Gasteiger partial charge in [0.25, 0.3) is 11.8 Å². The minimum absolute atomic E-state index is 0.0293. The number of benzene rings is 2. The van der Waals surface area contributed by atoms with Gasteiger partial charge >= 0.3 is 0 Å². The molecule has 1 aromatic heterocycles. The summed E-state index contributed by atoms with van der Waals surface area (Å²) >= 11 is 0. The normalized spacial score (nSPS) is 15.2. The maximum absolute atomic E-state index is 13.1. The number of hydrogen-bond donors (Lipinski definition) is 1. The quantitative estimate of drug-likeness (QED) is 0.751. The van der Waals surface area contributed by atoms with E-state index in [1.807, 2.05) is 31.2 Å². The van der Waals surface area contributed by atoms with Gasteiger partial charge in [-0.05, 0) is 55.3 Å². The third kappa shape index (κ3) is 3.36. The van der Waals surface area contributed by atoms with E-state index in [1.54, 1.807) is 4.90 Å². The van der Waals surface area contributed by atoms with Crippen molar-refractivity contribution in [1.29, 1.82) is 0 Å². The average molecular weight is 375 g/mol. The highest BCUT2D eigenvalue weighted by atomic mass is 19.1. The van der Waals surface area contributed by atoms with E-state index in [1.165, 1.54) is 42.7 Å². The van der Waals surface area contributed by atoms with E-state index in [-0.39, 0.29) is 23.3 Å². The fourth-order valence-electron chi connectivity index (χ4n) is 3.43. The Morgan fingerprint density at radius 3 is 2.57 bits per heavy atom. The molecule has 5 nitrogen and oxygen atoms in total. The van der Waals surface area contributed by atoms with Gasteiger partial charge in [0, 0.05) is 29.8 Å². The first kappa shape index (κ1) is 17.9. The second-order valence-electron chi connectivity index (χ2n) is 6.78. The van der Waals surface area contributed by atoms with Crippen molar-refractivity contribution >= 4 is 23.2 Å². The van der Waals surface area contributed by atoms with E-state index < -0.39 is 5.91 Å². The number of hydrogen-bond acceptors (Lipinski definition) is 3. The molecule has 1 unspecified atom stereocenters. The number of carbonyl (C=O) groups is 2. The van der Waals surface area contributed by atoms with Gasteiger partial charge in [0.05, 0.1) is 11.1 Å². The summed E-state index contributed by atoms with van der Waals surface area (Å²) in [4.78, 5) is 31.4. The van der Waals surface area contributed by atoms with Crippen LogP contribution in [0.5, 0.6) is 0 Å². The number of carbonyl (C=O) groups excluding carboxylic acids is 2. The lowest BCUT2D eigenvalue weighted by Crippen LogP contribution is -2.35.